The van der Waals surface area contributed by atoms with Crippen molar-refractivity contribution in [2.24, 2.45) is 12.9 Å². The molecule has 1 atom stereocenters. The number of rotatable bonds is 4. The fourth-order valence-electron chi connectivity index (χ4n) is 1.91. The van der Waals surface area contributed by atoms with E-state index in [-0.39, 0.29) is 6.42 Å². The predicted molar refractivity (Wildman–Crippen MR) is 58.0 cm³/mol. The maximum absolute atomic E-state index is 12.2. The first-order valence-electron chi connectivity index (χ1n) is 5.29. The number of hydrogen-bond acceptors (Lipinski definition) is 3. The summed E-state index contributed by atoms with van der Waals surface area (Å²) in [6.45, 7) is 3.58. The second-order valence-electron chi connectivity index (χ2n) is 4.08. The van der Waals surface area contributed by atoms with E-state index < -0.39 is 18.6 Å². The molecule has 0 aromatic carbocycles. The van der Waals surface area contributed by atoms with Gasteiger partial charge in [-0.3, -0.25) is 16.0 Å². The molecular weight excluding hydrogens is 233 g/mol. The Hall–Kier alpha value is -1.08. The van der Waals surface area contributed by atoms with E-state index in [0.29, 0.717) is 5.69 Å². The molecule has 4 nitrogen and oxygen atoms in total. The average molecular weight is 250 g/mol. The normalized spacial score (nSPS) is 14.1. The third-order valence-corrected chi connectivity index (χ3v) is 2.83. The van der Waals surface area contributed by atoms with Gasteiger partial charge in [-0.05, 0) is 20.3 Å². The molecule has 1 unspecified atom stereocenters. The lowest BCUT2D eigenvalue weighted by Gasteiger charge is -2.17. The maximum Gasteiger partial charge on any atom is 0.389 e. The predicted octanol–water partition coefficient (Wildman–Crippen LogP) is 1.88. The quantitative estimate of drug-likeness (QED) is 0.633. The van der Waals surface area contributed by atoms with Gasteiger partial charge in [-0.15, -0.1) is 0 Å². The SMILES string of the molecule is Cc1nn(C)c(C)c1C(CCC(F)(F)F)NN. The molecule has 17 heavy (non-hydrogen) atoms. The molecule has 0 aliphatic rings. The number of nitrogens with one attached hydrogen (secondary N) is 1. The van der Waals surface area contributed by atoms with Crippen LogP contribution < -0.4 is 11.3 Å². The van der Waals surface area contributed by atoms with E-state index in [1.54, 1.807) is 18.7 Å². The van der Waals surface area contributed by atoms with E-state index >= 15 is 0 Å². The molecule has 0 fully saturated rings. The molecule has 7 heteroatoms. The van der Waals surface area contributed by atoms with Gasteiger partial charge in [0.1, 0.15) is 0 Å². The number of hydrogen-bond donors (Lipinski definition) is 2. The molecule has 1 rings (SSSR count). The van der Waals surface area contributed by atoms with Crippen LogP contribution in [0, 0.1) is 13.8 Å². The number of nitrogens with zero attached hydrogens (tertiary/aromatic N) is 2. The van der Waals surface area contributed by atoms with Crippen LogP contribution >= 0.6 is 0 Å². The van der Waals surface area contributed by atoms with Crippen molar-refractivity contribution in [1.29, 1.82) is 0 Å². The first kappa shape index (κ1) is 14.0. The van der Waals surface area contributed by atoms with Gasteiger partial charge in [0.2, 0.25) is 0 Å². The van der Waals surface area contributed by atoms with Crippen molar-refractivity contribution in [3.8, 4) is 0 Å². The van der Waals surface area contributed by atoms with Crippen molar-refractivity contribution < 1.29 is 13.2 Å². The molecule has 1 heterocycles. The van der Waals surface area contributed by atoms with Crippen molar-refractivity contribution in [3.05, 3.63) is 17.0 Å². The summed E-state index contributed by atoms with van der Waals surface area (Å²) in [7, 11) is 1.75. The summed E-state index contributed by atoms with van der Waals surface area (Å²) in [5, 5.41) is 4.16. The number of aromatic nitrogens is 2. The van der Waals surface area contributed by atoms with Gasteiger partial charge >= 0.3 is 6.18 Å². The molecule has 0 aliphatic heterocycles. The minimum atomic E-state index is -4.17. The Morgan fingerprint density at radius 3 is 2.35 bits per heavy atom. The zero-order valence-electron chi connectivity index (χ0n) is 10.1. The third kappa shape index (κ3) is 3.44. The number of halogens is 3. The van der Waals surface area contributed by atoms with Gasteiger partial charge in [-0.1, -0.05) is 0 Å². The van der Waals surface area contributed by atoms with E-state index in [1.807, 2.05) is 6.92 Å². The first-order chi connectivity index (χ1) is 7.76. The third-order valence-electron chi connectivity index (χ3n) is 2.83. The highest BCUT2D eigenvalue weighted by molar-refractivity contribution is 5.28. The highest BCUT2D eigenvalue weighted by Gasteiger charge is 2.30. The van der Waals surface area contributed by atoms with Crippen LogP contribution in [0.3, 0.4) is 0 Å². The lowest BCUT2D eigenvalue weighted by Crippen LogP contribution is -2.30. The molecule has 0 amide bonds. The Kier molecular flexibility index (Phi) is 4.16. The van der Waals surface area contributed by atoms with E-state index in [9.17, 15) is 13.2 Å². The van der Waals surface area contributed by atoms with Gasteiger partial charge < -0.3 is 0 Å². The highest BCUT2D eigenvalue weighted by atomic mass is 19.4. The van der Waals surface area contributed by atoms with E-state index in [2.05, 4.69) is 10.5 Å². The maximum atomic E-state index is 12.2. The Morgan fingerprint density at radius 2 is 2.00 bits per heavy atom. The van der Waals surface area contributed by atoms with Crippen molar-refractivity contribution in [3.63, 3.8) is 0 Å². The fraction of sp³-hybridized carbons (Fsp3) is 0.700. The second-order valence-corrected chi connectivity index (χ2v) is 4.08. The molecule has 98 valence electrons. The fourth-order valence-corrected chi connectivity index (χ4v) is 1.91. The minimum Gasteiger partial charge on any atom is -0.272 e. The van der Waals surface area contributed by atoms with Crippen LogP contribution in [0.15, 0.2) is 0 Å². The van der Waals surface area contributed by atoms with Crippen molar-refractivity contribution in [2.45, 2.75) is 38.9 Å². The largest absolute Gasteiger partial charge is 0.389 e. The topological polar surface area (TPSA) is 55.9 Å². The highest BCUT2D eigenvalue weighted by Crippen LogP contribution is 2.29. The van der Waals surface area contributed by atoms with Crippen molar-refractivity contribution >= 4 is 0 Å². The first-order valence-corrected chi connectivity index (χ1v) is 5.29. The zero-order valence-corrected chi connectivity index (χ0v) is 10.1. The lowest BCUT2D eigenvalue weighted by atomic mass is 10.0. The molecule has 0 radical (unpaired) electrons. The van der Waals surface area contributed by atoms with Crippen LogP contribution in [0.4, 0.5) is 13.2 Å². The Bertz CT molecular complexity index is 384. The van der Waals surface area contributed by atoms with Gasteiger partial charge in [0.05, 0.1) is 5.69 Å². The van der Waals surface area contributed by atoms with Gasteiger partial charge in [-0.25, -0.2) is 0 Å². The minimum absolute atomic E-state index is 0.0899. The van der Waals surface area contributed by atoms with Crippen LogP contribution in [-0.4, -0.2) is 16.0 Å². The number of nitrogens with two attached hydrogens (primary N) is 1. The standard InChI is InChI=1S/C10H17F3N4/c1-6-9(7(2)17(3)16-6)8(15-14)4-5-10(11,12)13/h8,15H,4-5,14H2,1-3H3. The van der Waals surface area contributed by atoms with Crippen LogP contribution in [0.2, 0.25) is 0 Å². The van der Waals surface area contributed by atoms with Crippen LogP contribution in [0.1, 0.15) is 35.8 Å². The van der Waals surface area contributed by atoms with Gasteiger partial charge in [0, 0.05) is 30.8 Å². The average Bonchev–Trinajstić information content (AvgIpc) is 2.43. The van der Waals surface area contributed by atoms with Crippen LogP contribution in [0.5, 0.6) is 0 Å². The number of hydrazine groups is 1. The second kappa shape index (κ2) is 5.05. The summed E-state index contributed by atoms with van der Waals surface area (Å²) in [6, 6.07) is -0.523. The molecule has 0 saturated heterocycles. The molecule has 0 bridgehead atoms. The Balaban J connectivity index is 2.87. The molecule has 1 aromatic heterocycles. The Morgan fingerprint density at radius 1 is 1.41 bits per heavy atom. The summed E-state index contributed by atoms with van der Waals surface area (Å²) in [5.74, 6) is 5.33. The molecule has 0 spiro atoms. The molecule has 0 aliphatic carbocycles. The molecule has 1 aromatic rings. The summed E-state index contributed by atoms with van der Waals surface area (Å²) in [6.07, 6.45) is -5.12. The van der Waals surface area contributed by atoms with Crippen molar-refractivity contribution in [2.75, 3.05) is 0 Å². The van der Waals surface area contributed by atoms with Crippen LogP contribution in [-0.2, 0) is 7.05 Å². The molecule has 0 saturated carbocycles. The zero-order chi connectivity index (χ0) is 13.2. The summed E-state index contributed by atoms with van der Waals surface area (Å²) >= 11 is 0. The molecular formula is C10H17F3N4. The van der Waals surface area contributed by atoms with E-state index in [0.717, 1.165) is 11.3 Å². The van der Waals surface area contributed by atoms with E-state index in [1.165, 1.54) is 0 Å². The molecule has 3 N–H and O–H groups in total. The van der Waals surface area contributed by atoms with Crippen LogP contribution in [0.25, 0.3) is 0 Å². The van der Waals surface area contributed by atoms with Crippen molar-refractivity contribution in [1.82, 2.24) is 15.2 Å². The van der Waals surface area contributed by atoms with Gasteiger partial charge in [0.25, 0.3) is 0 Å². The smallest absolute Gasteiger partial charge is 0.272 e. The van der Waals surface area contributed by atoms with Gasteiger partial charge in [-0.2, -0.15) is 18.3 Å². The summed E-state index contributed by atoms with van der Waals surface area (Å²) in [5.41, 5.74) is 4.71. The number of alkyl halides is 3. The number of aryl methyl sites for hydroxylation is 2. The summed E-state index contributed by atoms with van der Waals surface area (Å²) < 4.78 is 38.2. The Labute approximate surface area is 97.9 Å². The monoisotopic (exact) mass is 250 g/mol. The van der Waals surface area contributed by atoms with Gasteiger partial charge in [0.15, 0.2) is 0 Å². The summed E-state index contributed by atoms with van der Waals surface area (Å²) in [4.78, 5) is 0. The van der Waals surface area contributed by atoms with E-state index in [4.69, 9.17) is 5.84 Å². The lowest BCUT2D eigenvalue weighted by molar-refractivity contribution is -0.136.